The van der Waals surface area contributed by atoms with Crippen molar-refractivity contribution in [3.8, 4) is 0 Å². The number of likely N-dealkylation sites (N-methyl/N-ethyl adjacent to an activating group) is 1. The molecular weight excluding hydrogens is 184 g/mol. The molecule has 0 saturated carbocycles. The summed E-state index contributed by atoms with van der Waals surface area (Å²) in [7, 11) is 2.18. The standard InChI is InChI=1S/C8H16N4S/c1-11-2-4-12(5-3-11)6-8-7-13-10-9-8/h8H,2-7H2,1H3. The second-order valence-electron chi connectivity index (χ2n) is 3.75. The van der Waals surface area contributed by atoms with Gasteiger partial charge in [-0.25, -0.2) is 0 Å². The summed E-state index contributed by atoms with van der Waals surface area (Å²) in [5.74, 6) is 1.08. The molecule has 0 aromatic heterocycles. The SMILES string of the molecule is CN1CCN(CC2CSN=N2)CC1. The minimum Gasteiger partial charge on any atom is -0.304 e. The highest BCUT2D eigenvalue weighted by Gasteiger charge is 2.20. The highest BCUT2D eigenvalue weighted by Crippen LogP contribution is 2.18. The summed E-state index contributed by atoms with van der Waals surface area (Å²) < 4.78 is 3.95. The molecule has 2 aliphatic heterocycles. The highest BCUT2D eigenvalue weighted by molar-refractivity contribution is 7.98. The van der Waals surface area contributed by atoms with Crippen molar-refractivity contribution in [3.05, 3.63) is 0 Å². The van der Waals surface area contributed by atoms with Gasteiger partial charge >= 0.3 is 0 Å². The van der Waals surface area contributed by atoms with Crippen LogP contribution in [0.3, 0.4) is 0 Å². The lowest BCUT2D eigenvalue weighted by Gasteiger charge is -2.32. The molecule has 1 atom stereocenters. The molecule has 0 N–H and O–H groups in total. The van der Waals surface area contributed by atoms with Gasteiger partial charge in [0.2, 0.25) is 0 Å². The minimum absolute atomic E-state index is 0.452. The fraction of sp³-hybridized carbons (Fsp3) is 1.00. The molecule has 0 bridgehead atoms. The molecule has 0 aromatic carbocycles. The van der Waals surface area contributed by atoms with Crippen LogP contribution in [0.4, 0.5) is 0 Å². The Morgan fingerprint density at radius 2 is 2.08 bits per heavy atom. The first-order chi connectivity index (χ1) is 6.34. The Morgan fingerprint density at radius 1 is 1.31 bits per heavy atom. The molecular formula is C8H16N4S. The number of hydrogen-bond acceptors (Lipinski definition) is 5. The van der Waals surface area contributed by atoms with Gasteiger partial charge in [0, 0.05) is 38.5 Å². The zero-order chi connectivity index (χ0) is 9.10. The van der Waals surface area contributed by atoms with E-state index in [0.717, 1.165) is 12.3 Å². The van der Waals surface area contributed by atoms with E-state index in [0.29, 0.717) is 6.04 Å². The van der Waals surface area contributed by atoms with Crippen molar-refractivity contribution in [1.82, 2.24) is 9.80 Å². The van der Waals surface area contributed by atoms with Crippen LogP contribution < -0.4 is 0 Å². The summed E-state index contributed by atoms with van der Waals surface area (Å²) in [6.45, 7) is 5.86. The summed E-state index contributed by atoms with van der Waals surface area (Å²) in [6.07, 6.45) is 0. The van der Waals surface area contributed by atoms with Gasteiger partial charge in [0.25, 0.3) is 0 Å². The van der Waals surface area contributed by atoms with Gasteiger partial charge in [-0.05, 0) is 19.0 Å². The number of nitrogens with zero attached hydrogens (tertiary/aromatic N) is 4. The van der Waals surface area contributed by atoms with E-state index in [9.17, 15) is 0 Å². The van der Waals surface area contributed by atoms with Crippen LogP contribution in [0.25, 0.3) is 0 Å². The zero-order valence-electron chi connectivity index (χ0n) is 8.02. The molecule has 0 spiro atoms. The fourth-order valence-corrected chi connectivity index (χ4v) is 2.28. The molecule has 0 aromatic rings. The van der Waals surface area contributed by atoms with E-state index < -0.39 is 0 Å². The Bertz CT molecular complexity index is 189. The van der Waals surface area contributed by atoms with Crippen LogP contribution in [0.5, 0.6) is 0 Å². The van der Waals surface area contributed by atoms with E-state index in [1.165, 1.54) is 26.2 Å². The predicted octanol–water partition coefficient (Wildman–Crippen LogP) is 0.716. The van der Waals surface area contributed by atoms with Gasteiger partial charge in [0.1, 0.15) is 0 Å². The van der Waals surface area contributed by atoms with E-state index in [-0.39, 0.29) is 0 Å². The van der Waals surface area contributed by atoms with Crippen LogP contribution in [0, 0.1) is 0 Å². The molecule has 0 aliphatic carbocycles. The Balaban J connectivity index is 1.72. The maximum absolute atomic E-state index is 4.18. The predicted molar refractivity (Wildman–Crippen MR) is 55.0 cm³/mol. The molecule has 0 amide bonds. The van der Waals surface area contributed by atoms with Crippen LogP contribution in [0.2, 0.25) is 0 Å². The smallest absolute Gasteiger partial charge is 0.0954 e. The topological polar surface area (TPSA) is 31.2 Å². The molecule has 2 aliphatic rings. The quantitative estimate of drug-likeness (QED) is 0.615. The van der Waals surface area contributed by atoms with Crippen LogP contribution in [0.1, 0.15) is 0 Å². The molecule has 1 unspecified atom stereocenters. The summed E-state index contributed by atoms with van der Waals surface area (Å²) in [4.78, 5) is 4.87. The van der Waals surface area contributed by atoms with Gasteiger partial charge in [0.05, 0.1) is 6.04 Å². The third-order valence-corrected chi connectivity index (χ3v) is 3.34. The third-order valence-electron chi connectivity index (χ3n) is 2.60. The lowest BCUT2D eigenvalue weighted by atomic mass is 10.2. The van der Waals surface area contributed by atoms with Crippen molar-refractivity contribution in [3.63, 3.8) is 0 Å². The van der Waals surface area contributed by atoms with Crippen molar-refractivity contribution >= 4 is 11.9 Å². The number of hydrogen-bond donors (Lipinski definition) is 0. The first-order valence-electron chi connectivity index (χ1n) is 4.77. The van der Waals surface area contributed by atoms with Gasteiger partial charge in [-0.2, -0.15) is 5.11 Å². The van der Waals surface area contributed by atoms with E-state index in [4.69, 9.17) is 0 Å². The Kier molecular flexibility index (Phi) is 3.18. The van der Waals surface area contributed by atoms with Gasteiger partial charge in [-0.1, -0.05) is 0 Å². The van der Waals surface area contributed by atoms with Gasteiger partial charge < -0.3 is 4.90 Å². The van der Waals surface area contributed by atoms with Crippen molar-refractivity contribution in [2.24, 2.45) is 9.63 Å². The second kappa shape index (κ2) is 4.39. The summed E-state index contributed by atoms with van der Waals surface area (Å²) >= 11 is 1.59. The Morgan fingerprint density at radius 3 is 2.69 bits per heavy atom. The summed E-state index contributed by atoms with van der Waals surface area (Å²) in [5.41, 5.74) is 0. The first-order valence-corrected chi connectivity index (χ1v) is 5.72. The van der Waals surface area contributed by atoms with Crippen molar-refractivity contribution in [2.75, 3.05) is 45.5 Å². The van der Waals surface area contributed by atoms with Crippen molar-refractivity contribution in [1.29, 1.82) is 0 Å². The summed E-state index contributed by atoms with van der Waals surface area (Å²) in [6, 6.07) is 0.452. The van der Waals surface area contributed by atoms with E-state index >= 15 is 0 Å². The van der Waals surface area contributed by atoms with Gasteiger partial charge in [-0.3, -0.25) is 4.90 Å². The van der Waals surface area contributed by atoms with Crippen LogP contribution in [0.15, 0.2) is 9.63 Å². The van der Waals surface area contributed by atoms with Gasteiger partial charge in [0.15, 0.2) is 0 Å². The summed E-state index contributed by atoms with van der Waals surface area (Å²) in [5, 5.41) is 4.18. The lowest BCUT2D eigenvalue weighted by molar-refractivity contribution is 0.150. The Labute approximate surface area is 83.5 Å². The molecule has 5 heteroatoms. The molecule has 1 saturated heterocycles. The maximum Gasteiger partial charge on any atom is 0.0954 e. The zero-order valence-corrected chi connectivity index (χ0v) is 8.83. The number of rotatable bonds is 2. The normalized spacial score (nSPS) is 31.3. The second-order valence-corrected chi connectivity index (χ2v) is 4.51. The molecule has 0 radical (unpaired) electrons. The molecule has 2 rings (SSSR count). The monoisotopic (exact) mass is 200 g/mol. The van der Waals surface area contributed by atoms with E-state index in [1.807, 2.05) is 0 Å². The largest absolute Gasteiger partial charge is 0.304 e. The first kappa shape index (κ1) is 9.43. The maximum atomic E-state index is 4.18. The number of piperazine rings is 1. The van der Waals surface area contributed by atoms with E-state index in [1.54, 1.807) is 11.9 Å². The average Bonchev–Trinajstić information content (AvgIpc) is 2.62. The minimum atomic E-state index is 0.452. The lowest BCUT2D eigenvalue weighted by Crippen LogP contribution is -2.46. The van der Waals surface area contributed by atoms with Crippen LogP contribution >= 0.6 is 11.9 Å². The highest BCUT2D eigenvalue weighted by atomic mass is 32.2. The van der Waals surface area contributed by atoms with Crippen molar-refractivity contribution in [2.45, 2.75) is 6.04 Å². The molecule has 2 heterocycles. The molecule has 4 nitrogen and oxygen atoms in total. The van der Waals surface area contributed by atoms with Crippen LogP contribution in [-0.4, -0.2) is 61.4 Å². The molecule has 1 fully saturated rings. The average molecular weight is 200 g/mol. The molecule has 74 valence electrons. The van der Waals surface area contributed by atoms with Gasteiger partial charge in [-0.15, -0.1) is 4.52 Å². The molecule has 13 heavy (non-hydrogen) atoms. The van der Waals surface area contributed by atoms with Crippen molar-refractivity contribution < 1.29 is 0 Å². The third kappa shape index (κ3) is 2.65. The Hall–Kier alpha value is -0.130. The van der Waals surface area contributed by atoms with Crippen LogP contribution in [-0.2, 0) is 0 Å². The fourth-order valence-electron chi connectivity index (χ4n) is 1.67. The van der Waals surface area contributed by atoms with E-state index in [2.05, 4.69) is 26.5 Å².